The predicted octanol–water partition coefficient (Wildman–Crippen LogP) is 3.72. The van der Waals surface area contributed by atoms with Crippen molar-refractivity contribution < 1.29 is 8.42 Å². The van der Waals surface area contributed by atoms with Crippen LogP contribution in [0.4, 0.5) is 5.69 Å². The molecule has 2 rings (SSSR count). The lowest BCUT2D eigenvalue weighted by atomic mass is 10.4. The van der Waals surface area contributed by atoms with Crippen LogP contribution in [0.5, 0.6) is 0 Å². The van der Waals surface area contributed by atoms with Crippen LogP contribution in [0.25, 0.3) is 0 Å². The summed E-state index contributed by atoms with van der Waals surface area (Å²) in [5, 5.41) is 0. The lowest BCUT2D eigenvalue weighted by Gasteiger charge is -2.09. The molecular formula is C12H10Br2N2O2S. The Morgan fingerprint density at radius 1 is 1.16 bits per heavy atom. The van der Waals surface area contributed by atoms with Gasteiger partial charge in [-0.3, -0.25) is 9.71 Å². The standard InChI is InChI=1S/C12H10Br2N2O2S/c1-8-2-4-10(7-15-8)16-19(17,18)12-5-3-9(13)6-11(12)14/h2-7,16H,1H3. The van der Waals surface area contributed by atoms with Gasteiger partial charge in [0, 0.05) is 14.6 Å². The summed E-state index contributed by atoms with van der Waals surface area (Å²) in [5.74, 6) is 0. The quantitative estimate of drug-likeness (QED) is 0.846. The van der Waals surface area contributed by atoms with Crippen LogP contribution in [0.15, 0.2) is 50.4 Å². The van der Waals surface area contributed by atoms with Gasteiger partial charge in [-0.15, -0.1) is 0 Å². The van der Waals surface area contributed by atoms with Gasteiger partial charge in [0.2, 0.25) is 0 Å². The summed E-state index contributed by atoms with van der Waals surface area (Å²) in [6, 6.07) is 8.30. The van der Waals surface area contributed by atoms with Crippen LogP contribution in [0.2, 0.25) is 0 Å². The highest BCUT2D eigenvalue weighted by Crippen LogP contribution is 2.27. The van der Waals surface area contributed by atoms with Crippen LogP contribution >= 0.6 is 31.9 Å². The first-order chi connectivity index (χ1) is 8.88. The Morgan fingerprint density at radius 3 is 2.47 bits per heavy atom. The third-order valence-corrected chi connectivity index (χ3v) is 5.20. The molecule has 0 amide bonds. The number of aryl methyl sites for hydroxylation is 1. The molecule has 0 aliphatic rings. The number of hydrogen-bond donors (Lipinski definition) is 1. The average Bonchev–Trinajstić information content (AvgIpc) is 2.31. The second-order valence-electron chi connectivity index (χ2n) is 3.87. The third-order valence-electron chi connectivity index (χ3n) is 2.35. The number of sulfonamides is 1. The van der Waals surface area contributed by atoms with Crippen molar-refractivity contribution in [1.29, 1.82) is 0 Å². The van der Waals surface area contributed by atoms with E-state index in [9.17, 15) is 8.42 Å². The molecule has 7 heteroatoms. The average molecular weight is 406 g/mol. The van der Waals surface area contributed by atoms with Crippen LogP contribution in [0, 0.1) is 6.92 Å². The van der Waals surface area contributed by atoms with Crippen molar-refractivity contribution in [3.05, 3.63) is 51.2 Å². The largest absolute Gasteiger partial charge is 0.278 e. The molecule has 2 aromatic rings. The fourth-order valence-electron chi connectivity index (χ4n) is 1.43. The molecular weight excluding hydrogens is 396 g/mol. The Morgan fingerprint density at radius 2 is 1.89 bits per heavy atom. The van der Waals surface area contributed by atoms with Crippen LogP contribution in [0.3, 0.4) is 0 Å². The molecule has 0 saturated heterocycles. The number of hydrogen-bond acceptors (Lipinski definition) is 3. The summed E-state index contributed by atoms with van der Waals surface area (Å²) in [7, 11) is -3.63. The molecule has 1 heterocycles. The van der Waals surface area contributed by atoms with E-state index in [1.807, 2.05) is 6.92 Å². The zero-order chi connectivity index (χ0) is 14.0. The van der Waals surface area contributed by atoms with E-state index < -0.39 is 10.0 Å². The highest BCUT2D eigenvalue weighted by molar-refractivity contribution is 9.11. The second-order valence-corrected chi connectivity index (χ2v) is 7.29. The molecule has 1 aromatic carbocycles. The smallest absolute Gasteiger partial charge is 0.263 e. The van der Waals surface area contributed by atoms with E-state index >= 15 is 0 Å². The van der Waals surface area contributed by atoms with E-state index in [2.05, 4.69) is 41.6 Å². The maximum atomic E-state index is 12.2. The van der Waals surface area contributed by atoms with E-state index in [0.29, 0.717) is 10.2 Å². The number of benzene rings is 1. The SMILES string of the molecule is Cc1ccc(NS(=O)(=O)c2ccc(Br)cc2Br)cn1. The summed E-state index contributed by atoms with van der Waals surface area (Å²) in [6.07, 6.45) is 1.49. The molecule has 1 aromatic heterocycles. The van der Waals surface area contributed by atoms with Gasteiger partial charge in [0.05, 0.1) is 11.9 Å². The highest BCUT2D eigenvalue weighted by Gasteiger charge is 2.17. The van der Waals surface area contributed by atoms with Crippen molar-refractivity contribution >= 4 is 47.6 Å². The summed E-state index contributed by atoms with van der Waals surface area (Å²) in [4.78, 5) is 4.22. The van der Waals surface area contributed by atoms with Crippen molar-refractivity contribution in [2.45, 2.75) is 11.8 Å². The van der Waals surface area contributed by atoms with Gasteiger partial charge in [-0.05, 0) is 53.2 Å². The Labute approximate surface area is 128 Å². The topological polar surface area (TPSA) is 59.1 Å². The summed E-state index contributed by atoms with van der Waals surface area (Å²) < 4.78 is 28.3. The third kappa shape index (κ3) is 3.55. The molecule has 0 radical (unpaired) electrons. The minimum atomic E-state index is -3.63. The fraction of sp³-hybridized carbons (Fsp3) is 0.0833. The zero-order valence-electron chi connectivity index (χ0n) is 9.89. The first-order valence-corrected chi connectivity index (χ1v) is 8.36. The molecule has 0 unspecified atom stereocenters. The molecule has 100 valence electrons. The normalized spacial score (nSPS) is 11.3. The second kappa shape index (κ2) is 5.60. The highest BCUT2D eigenvalue weighted by atomic mass is 79.9. The fourth-order valence-corrected chi connectivity index (χ4v) is 4.22. The molecule has 0 atom stereocenters. The van der Waals surface area contributed by atoms with Gasteiger partial charge in [-0.1, -0.05) is 15.9 Å². The number of pyridine rings is 1. The van der Waals surface area contributed by atoms with Gasteiger partial charge in [-0.2, -0.15) is 0 Å². The van der Waals surface area contributed by atoms with E-state index in [-0.39, 0.29) is 4.90 Å². The van der Waals surface area contributed by atoms with Gasteiger partial charge in [0.1, 0.15) is 4.90 Å². The summed E-state index contributed by atoms with van der Waals surface area (Å²) in [6.45, 7) is 1.84. The van der Waals surface area contributed by atoms with Crippen molar-refractivity contribution in [3.63, 3.8) is 0 Å². The predicted molar refractivity (Wildman–Crippen MR) is 81.6 cm³/mol. The van der Waals surface area contributed by atoms with Crippen molar-refractivity contribution in [2.75, 3.05) is 4.72 Å². The molecule has 0 fully saturated rings. The Bertz CT molecular complexity index is 700. The van der Waals surface area contributed by atoms with Gasteiger partial charge in [-0.25, -0.2) is 8.42 Å². The van der Waals surface area contributed by atoms with Gasteiger partial charge < -0.3 is 0 Å². The van der Waals surface area contributed by atoms with Crippen molar-refractivity contribution in [1.82, 2.24) is 4.98 Å². The number of rotatable bonds is 3. The maximum Gasteiger partial charge on any atom is 0.263 e. The lowest BCUT2D eigenvalue weighted by molar-refractivity contribution is 0.600. The van der Waals surface area contributed by atoms with Crippen LogP contribution < -0.4 is 4.72 Å². The molecule has 0 spiro atoms. The van der Waals surface area contributed by atoms with Crippen molar-refractivity contribution in [3.8, 4) is 0 Å². The zero-order valence-corrected chi connectivity index (χ0v) is 13.9. The van der Waals surface area contributed by atoms with Crippen molar-refractivity contribution in [2.24, 2.45) is 0 Å². The van der Waals surface area contributed by atoms with Gasteiger partial charge >= 0.3 is 0 Å². The van der Waals surface area contributed by atoms with Gasteiger partial charge in [0.25, 0.3) is 10.0 Å². The minimum absolute atomic E-state index is 0.177. The number of nitrogens with one attached hydrogen (secondary N) is 1. The Balaban J connectivity index is 2.35. The van der Waals surface area contributed by atoms with Crippen LogP contribution in [-0.2, 0) is 10.0 Å². The van der Waals surface area contributed by atoms with E-state index in [4.69, 9.17) is 0 Å². The number of aromatic nitrogens is 1. The molecule has 0 aliphatic carbocycles. The van der Waals surface area contributed by atoms with E-state index in [0.717, 1.165) is 10.2 Å². The van der Waals surface area contributed by atoms with Gasteiger partial charge in [0.15, 0.2) is 0 Å². The number of anilines is 1. The maximum absolute atomic E-state index is 12.2. The summed E-state index contributed by atoms with van der Waals surface area (Å²) >= 11 is 6.53. The minimum Gasteiger partial charge on any atom is -0.278 e. The first kappa shape index (κ1) is 14.5. The van der Waals surface area contributed by atoms with E-state index in [1.54, 1.807) is 24.3 Å². The molecule has 0 saturated carbocycles. The number of nitrogens with zero attached hydrogens (tertiary/aromatic N) is 1. The Kier molecular flexibility index (Phi) is 4.27. The molecule has 0 aliphatic heterocycles. The monoisotopic (exact) mass is 404 g/mol. The molecule has 19 heavy (non-hydrogen) atoms. The summed E-state index contributed by atoms with van der Waals surface area (Å²) in [5.41, 5.74) is 1.26. The lowest BCUT2D eigenvalue weighted by Crippen LogP contribution is -2.13. The number of halogens is 2. The van der Waals surface area contributed by atoms with E-state index in [1.165, 1.54) is 12.3 Å². The molecule has 0 bridgehead atoms. The Hall–Kier alpha value is -0.920. The molecule has 4 nitrogen and oxygen atoms in total. The first-order valence-electron chi connectivity index (χ1n) is 5.29. The van der Waals surface area contributed by atoms with Crippen LogP contribution in [0.1, 0.15) is 5.69 Å². The van der Waals surface area contributed by atoms with Crippen LogP contribution in [-0.4, -0.2) is 13.4 Å². The molecule has 1 N–H and O–H groups in total.